The maximum atomic E-state index is 6.36. The average molecular weight is 382 g/mol. The van der Waals surface area contributed by atoms with Crippen LogP contribution in [0.5, 0.6) is 0 Å². The van der Waals surface area contributed by atoms with Crippen molar-refractivity contribution in [2.45, 2.75) is 24.9 Å². The predicted octanol–water partition coefficient (Wildman–Crippen LogP) is 3.22. The fourth-order valence-corrected chi connectivity index (χ4v) is 5.07. The number of piperidine rings is 1. The van der Waals surface area contributed by atoms with Gasteiger partial charge in [0, 0.05) is 33.4 Å². The van der Waals surface area contributed by atoms with Crippen molar-refractivity contribution in [2.24, 2.45) is 0 Å². The lowest BCUT2D eigenvalue weighted by Crippen LogP contribution is -2.47. The van der Waals surface area contributed by atoms with Gasteiger partial charge in [0.2, 0.25) is 5.95 Å². The fraction of sp³-hybridized carbons (Fsp3) is 0.450. The van der Waals surface area contributed by atoms with Crippen LogP contribution in [0.15, 0.2) is 30.5 Å². The highest BCUT2D eigenvalue weighted by molar-refractivity contribution is 7.22. The van der Waals surface area contributed by atoms with E-state index in [-0.39, 0.29) is 5.60 Å². The predicted molar refractivity (Wildman–Crippen MR) is 109 cm³/mol. The molecule has 2 aliphatic rings. The van der Waals surface area contributed by atoms with Crippen LogP contribution in [0, 0.1) is 0 Å². The molecule has 4 heterocycles. The summed E-state index contributed by atoms with van der Waals surface area (Å²) in [4.78, 5) is 18.5. The van der Waals surface area contributed by atoms with Gasteiger partial charge in [0.15, 0.2) is 5.13 Å². The molecule has 0 bridgehead atoms. The first kappa shape index (κ1) is 16.9. The normalized spacial score (nSPS) is 18.7. The molecule has 7 heteroatoms. The van der Waals surface area contributed by atoms with E-state index in [4.69, 9.17) is 14.7 Å². The SMILES string of the molecule is CN(C)c1ncc2c(n1)C1(CCN(c3nc4ccccc4s3)CC1)OCC2. The largest absolute Gasteiger partial charge is 0.368 e. The third-order valence-electron chi connectivity index (χ3n) is 5.56. The molecule has 2 aliphatic heterocycles. The number of nitrogens with zero attached hydrogens (tertiary/aromatic N) is 5. The van der Waals surface area contributed by atoms with E-state index < -0.39 is 0 Å². The van der Waals surface area contributed by atoms with E-state index in [1.54, 1.807) is 11.3 Å². The third-order valence-corrected chi connectivity index (χ3v) is 6.65. The maximum absolute atomic E-state index is 6.36. The van der Waals surface area contributed by atoms with Crippen molar-refractivity contribution < 1.29 is 4.74 Å². The van der Waals surface area contributed by atoms with Crippen molar-refractivity contribution in [3.8, 4) is 0 Å². The van der Waals surface area contributed by atoms with Gasteiger partial charge in [0.25, 0.3) is 0 Å². The van der Waals surface area contributed by atoms with Crippen LogP contribution in [-0.2, 0) is 16.8 Å². The molecule has 0 saturated carbocycles. The summed E-state index contributed by atoms with van der Waals surface area (Å²) in [5.74, 6) is 0.757. The third kappa shape index (κ3) is 2.85. The Bertz CT molecular complexity index is 944. The molecule has 0 atom stereocenters. The van der Waals surface area contributed by atoms with Gasteiger partial charge in [-0.25, -0.2) is 15.0 Å². The van der Waals surface area contributed by atoms with Crippen LogP contribution in [0.25, 0.3) is 10.2 Å². The summed E-state index contributed by atoms with van der Waals surface area (Å²) in [5.41, 5.74) is 3.13. The van der Waals surface area contributed by atoms with Crippen molar-refractivity contribution in [1.82, 2.24) is 15.0 Å². The summed E-state index contributed by atoms with van der Waals surface area (Å²) < 4.78 is 7.60. The van der Waals surface area contributed by atoms with Crippen molar-refractivity contribution in [3.63, 3.8) is 0 Å². The molecular weight excluding hydrogens is 358 g/mol. The summed E-state index contributed by atoms with van der Waals surface area (Å²) in [5, 5.41) is 1.11. The van der Waals surface area contributed by atoms with E-state index in [1.807, 2.05) is 31.3 Å². The van der Waals surface area contributed by atoms with E-state index in [0.29, 0.717) is 0 Å². The molecule has 140 valence electrons. The Kier molecular flexibility index (Phi) is 4.02. The van der Waals surface area contributed by atoms with Gasteiger partial charge >= 0.3 is 0 Å². The summed E-state index contributed by atoms with van der Waals surface area (Å²) in [7, 11) is 3.96. The first-order chi connectivity index (χ1) is 13.1. The molecular formula is C20H23N5OS. The lowest BCUT2D eigenvalue weighted by molar-refractivity contribution is -0.0801. The van der Waals surface area contributed by atoms with Gasteiger partial charge in [-0.05, 0) is 37.0 Å². The topological polar surface area (TPSA) is 54.4 Å². The van der Waals surface area contributed by atoms with Crippen molar-refractivity contribution >= 4 is 32.6 Å². The summed E-state index contributed by atoms with van der Waals surface area (Å²) in [6, 6.07) is 8.35. The average Bonchev–Trinajstić information content (AvgIpc) is 3.13. The summed E-state index contributed by atoms with van der Waals surface area (Å²) in [6.07, 6.45) is 4.74. The van der Waals surface area contributed by atoms with Crippen molar-refractivity contribution in [1.29, 1.82) is 0 Å². The minimum Gasteiger partial charge on any atom is -0.368 e. The zero-order valence-corrected chi connectivity index (χ0v) is 16.5. The second-order valence-electron chi connectivity index (χ2n) is 7.48. The first-order valence-corrected chi connectivity index (χ1v) is 10.2. The van der Waals surface area contributed by atoms with Crippen LogP contribution < -0.4 is 9.80 Å². The van der Waals surface area contributed by atoms with E-state index in [9.17, 15) is 0 Å². The van der Waals surface area contributed by atoms with E-state index in [0.717, 1.165) is 61.2 Å². The number of aromatic nitrogens is 3. The van der Waals surface area contributed by atoms with Gasteiger partial charge in [-0.3, -0.25) is 0 Å². The minimum atomic E-state index is -0.283. The second-order valence-corrected chi connectivity index (χ2v) is 8.49. The van der Waals surface area contributed by atoms with Crippen LogP contribution in [0.3, 0.4) is 0 Å². The monoisotopic (exact) mass is 381 g/mol. The Morgan fingerprint density at radius 2 is 1.96 bits per heavy atom. The zero-order chi connectivity index (χ0) is 18.4. The number of benzene rings is 1. The van der Waals surface area contributed by atoms with E-state index >= 15 is 0 Å². The lowest BCUT2D eigenvalue weighted by atomic mass is 9.83. The number of fused-ring (bicyclic) bond motifs is 3. The Hall–Kier alpha value is -2.25. The number of hydrogen-bond acceptors (Lipinski definition) is 7. The quantitative estimate of drug-likeness (QED) is 0.679. The second kappa shape index (κ2) is 6.42. The van der Waals surface area contributed by atoms with Crippen molar-refractivity contribution in [2.75, 3.05) is 43.6 Å². The maximum Gasteiger partial charge on any atom is 0.225 e. The Morgan fingerprint density at radius 3 is 2.74 bits per heavy atom. The van der Waals surface area contributed by atoms with Gasteiger partial charge in [-0.2, -0.15) is 0 Å². The molecule has 3 aromatic rings. The molecule has 1 saturated heterocycles. The van der Waals surface area contributed by atoms with Gasteiger partial charge in [0.1, 0.15) is 5.60 Å². The molecule has 1 aromatic carbocycles. The first-order valence-electron chi connectivity index (χ1n) is 9.43. The Balaban J connectivity index is 1.42. The van der Waals surface area contributed by atoms with Crippen LogP contribution >= 0.6 is 11.3 Å². The molecule has 5 rings (SSSR count). The Morgan fingerprint density at radius 1 is 1.15 bits per heavy atom. The number of ether oxygens (including phenoxy) is 1. The molecule has 0 radical (unpaired) electrons. The van der Waals surface area contributed by atoms with Crippen LogP contribution in [0.1, 0.15) is 24.1 Å². The summed E-state index contributed by atoms with van der Waals surface area (Å²) >= 11 is 1.77. The molecule has 0 unspecified atom stereocenters. The van der Waals surface area contributed by atoms with Crippen molar-refractivity contribution in [3.05, 3.63) is 41.7 Å². The molecule has 1 fully saturated rings. The molecule has 6 nitrogen and oxygen atoms in total. The van der Waals surface area contributed by atoms with Gasteiger partial charge in [-0.1, -0.05) is 23.5 Å². The minimum absolute atomic E-state index is 0.283. The van der Waals surface area contributed by atoms with E-state index in [1.165, 1.54) is 10.3 Å². The van der Waals surface area contributed by atoms with Gasteiger partial charge < -0.3 is 14.5 Å². The highest BCUT2D eigenvalue weighted by atomic mass is 32.1. The number of thiazole rings is 1. The van der Waals surface area contributed by atoms with Gasteiger partial charge in [-0.15, -0.1) is 0 Å². The lowest BCUT2D eigenvalue weighted by Gasteiger charge is -2.44. The van der Waals surface area contributed by atoms with Gasteiger partial charge in [0.05, 0.1) is 22.5 Å². The van der Waals surface area contributed by atoms with Crippen LogP contribution in [0.4, 0.5) is 11.1 Å². The summed E-state index contributed by atoms with van der Waals surface area (Å²) in [6.45, 7) is 2.61. The highest BCUT2D eigenvalue weighted by Crippen LogP contribution is 2.42. The van der Waals surface area contributed by atoms with E-state index in [2.05, 4.69) is 28.1 Å². The zero-order valence-electron chi connectivity index (χ0n) is 15.7. The van der Waals surface area contributed by atoms with Crippen LogP contribution in [0.2, 0.25) is 0 Å². The fourth-order valence-electron chi connectivity index (χ4n) is 4.05. The molecule has 2 aromatic heterocycles. The molecule has 1 spiro atoms. The number of anilines is 2. The standard InChI is InChI=1S/C20H23N5OS/c1-24(2)18-21-13-14-7-12-26-20(17(14)23-18)8-10-25(11-9-20)19-22-15-5-3-4-6-16(15)27-19/h3-6,13H,7-12H2,1-2H3. The molecule has 0 amide bonds. The number of rotatable bonds is 2. The number of hydrogen-bond donors (Lipinski definition) is 0. The molecule has 27 heavy (non-hydrogen) atoms. The molecule has 0 N–H and O–H groups in total. The Labute approximate surface area is 162 Å². The smallest absolute Gasteiger partial charge is 0.225 e. The number of para-hydroxylation sites is 1. The highest BCUT2D eigenvalue weighted by Gasteiger charge is 2.43. The molecule has 0 aliphatic carbocycles. The van der Waals surface area contributed by atoms with Crippen LogP contribution in [-0.4, -0.2) is 48.7 Å².